The Morgan fingerprint density at radius 3 is 2.36 bits per heavy atom. The van der Waals surface area contributed by atoms with Crippen molar-refractivity contribution in [1.82, 2.24) is 5.32 Å². The van der Waals surface area contributed by atoms with Crippen molar-refractivity contribution in [1.29, 1.82) is 0 Å². The van der Waals surface area contributed by atoms with Crippen molar-refractivity contribution in [3.8, 4) is 0 Å². The molecule has 7 nitrogen and oxygen atoms in total. The van der Waals surface area contributed by atoms with Crippen LogP contribution in [0.1, 0.15) is 31.1 Å². The van der Waals surface area contributed by atoms with Gasteiger partial charge >= 0.3 is 5.97 Å². The highest BCUT2D eigenvalue weighted by Crippen LogP contribution is 2.29. The summed E-state index contributed by atoms with van der Waals surface area (Å²) in [4.78, 5) is 23.6. The number of carbonyl (C=O) groups excluding carboxylic acids is 2. The highest BCUT2D eigenvalue weighted by molar-refractivity contribution is 7.92. The number of methoxy groups -OCH3 is 1. The van der Waals surface area contributed by atoms with Crippen molar-refractivity contribution < 1.29 is 22.7 Å². The average Bonchev–Trinajstić information content (AvgIpc) is 2.49. The lowest BCUT2D eigenvalue weighted by atomic mass is 9.96. The van der Waals surface area contributed by atoms with Gasteiger partial charge in [-0.1, -0.05) is 32.4 Å². The molecule has 1 amide bonds. The molecular weight excluding hydrogens is 368 g/mol. The number of nitrogens with one attached hydrogen (secondary N) is 1. The number of benzene rings is 1. The predicted molar refractivity (Wildman–Crippen MR) is 97.4 cm³/mol. The molecule has 0 aliphatic rings. The Kier molecular flexibility index (Phi) is 6.84. The summed E-state index contributed by atoms with van der Waals surface area (Å²) in [7, 11) is -2.45. The molecule has 9 heteroatoms. The molecule has 0 aliphatic heterocycles. The zero-order valence-corrected chi connectivity index (χ0v) is 16.5. The third kappa shape index (κ3) is 5.89. The summed E-state index contributed by atoms with van der Waals surface area (Å²) in [6.07, 6.45) is 1.03. The predicted octanol–water partition coefficient (Wildman–Crippen LogP) is 2.05. The molecule has 0 bridgehead atoms. The maximum Gasteiger partial charge on any atom is 0.337 e. The molecule has 1 aromatic rings. The van der Waals surface area contributed by atoms with Crippen LogP contribution in [0, 0.1) is 5.41 Å². The lowest BCUT2D eigenvalue weighted by molar-refractivity contribution is -0.128. The minimum atomic E-state index is -3.68. The zero-order valence-electron chi connectivity index (χ0n) is 14.9. The second kappa shape index (κ2) is 8.05. The summed E-state index contributed by atoms with van der Waals surface area (Å²) < 4.78 is 30.0. The lowest BCUT2D eigenvalue weighted by Gasteiger charge is -2.25. The normalized spacial score (nSPS) is 11.8. The minimum absolute atomic E-state index is 0.0228. The largest absolute Gasteiger partial charge is 0.465 e. The molecule has 1 rings (SSSR count). The standard InChI is InChI=1S/C16H23ClN2O5S/c1-16(2,3)15(21)18-8-9-19(25(5,22)23)13-10-11(14(20)24-4)6-7-12(13)17/h6-7,10H,8-9H2,1-5H3,(H,18,21). The maximum atomic E-state index is 12.1. The molecule has 0 saturated heterocycles. The van der Waals surface area contributed by atoms with Crippen LogP contribution >= 0.6 is 11.6 Å². The summed E-state index contributed by atoms with van der Waals surface area (Å²) in [6.45, 7) is 5.35. The third-order valence-corrected chi connectivity index (χ3v) is 4.82. The van der Waals surface area contributed by atoms with Crippen LogP contribution in [0.5, 0.6) is 0 Å². The van der Waals surface area contributed by atoms with E-state index in [1.165, 1.54) is 25.3 Å². The Hall–Kier alpha value is -1.80. The van der Waals surface area contributed by atoms with Gasteiger partial charge in [-0.25, -0.2) is 13.2 Å². The molecule has 0 heterocycles. The first kappa shape index (κ1) is 21.2. The summed E-state index contributed by atoms with van der Waals surface area (Å²) in [5, 5.41) is 2.85. The van der Waals surface area contributed by atoms with Crippen molar-refractivity contribution in [2.24, 2.45) is 5.41 Å². The summed E-state index contributed by atoms with van der Waals surface area (Å²) in [5.41, 5.74) is -0.260. The van der Waals surface area contributed by atoms with E-state index in [0.29, 0.717) is 0 Å². The summed E-state index contributed by atoms with van der Waals surface area (Å²) in [5.74, 6) is -0.803. The molecule has 0 unspecified atom stereocenters. The Balaban J connectivity index is 3.09. The maximum absolute atomic E-state index is 12.1. The van der Waals surface area contributed by atoms with Gasteiger partial charge in [-0.3, -0.25) is 9.10 Å². The van der Waals surface area contributed by atoms with Gasteiger partial charge in [0.25, 0.3) is 0 Å². The second-order valence-electron chi connectivity index (χ2n) is 6.50. The number of sulfonamides is 1. The molecule has 0 fully saturated rings. The number of esters is 1. The van der Waals surface area contributed by atoms with E-state index >= 15 is 0 Å². The number of amides is 1. The summed E-state index contributed by atoms with van der Waals surface area (Å²) >= 11 is 6.11. The third-order valence-electron chi connectivity index (χ3n) is 3.32. The molecule has 0 saturated carbocycles. The first-order valence-electron chi connectivity index (χ1n) is 7.52. The van der Waals surface area contributed by atoms with Crippen LogP contribution in [0.3, 0.4) is 0 Å². The van der Waals surface area contributed by atoms with Crippen LogP contribution in [0.2, 0.25) is 5.02 Å². The first-order valence-corrected chi connectivity index (χ1v) is 9.74. The number of anilines is 1. The van der Waals surface area contributed by atoms with Crippen LogP contribution in [0.4, 0.5) is 5.69 Å². The molecule has 0 atom stereocenters. The van der Waals surface area contributed by atoms with E-state index in [9.17, 15) is 18.0 Å². The van der Waals surface area contributed by atoms with Crippen LogP contribution in [-0.4, -0.2) is 46.7 Å². The van der Waals surface area contributed by atoms with E-state index < -0.39 is 21.4 Å². The number of carbonyl (C=O) groups is 2. The Morgan fingerprint density at radius 1 is 1.28 bits per heavy atom. The van der Waals surface area contributed by atoms with Gasteiger partial charge in [0.1, 0.15) is 0 Å². The highest BCUT2D eigenvalue weighted by Gasteiger charge is 2.24. The number of halogens is 1. The Labute approximate surface area is 153 Å². The number of hydrogen-bond acceptors (Lipinski definition) is 5. The smallest absolute Gasteiger partial charge is 0.337 e. The van der Waals surface area contributed by atoms with Gasteiger partial charge in [0.15, 0.2) is 0 Å². The number of hydrogen-bond donors (Lipinski definition) is 1. The van der Waals surface area contributed by atoms with E-state index in [1.807, 2.05) is 0 Å². The first-order chi connectivity index (χ1) is 11.4. The van der Waals surface area contributed by atoms with Gasteiger partial charge in [0.05, 0.1) is 36.2 Å². The van der Waals surface area contributed by atoms with E-state index in [0.717, 1.165) is 10.6 Å². The SMILES string of the molecule is COC(=O)c1ccc(Cl)c(N(CCNC(=O)C(C)(C)C)S(C)(=O)=O)c1. The monoisotopic (exact) mass is 390 g/mol. The van der Waals surface area contributed by atoms with E-state index in [4.69, 9.17) is 11.6 Å². The van der Waals surface area contributed by atoms with Gasteiger partial charge in [-0.05, 0) is 18.2 Å². The van der Waals surface area contributed by atoms with Crippen molar-refractivity contribution >= 4 is 39.2 Å². The molecule has 0 aliphatic carbocycles. The highest BCUT2D eigenvalue weighted by atomic mass is 35.5. The second-order valence-corrected chi connectivity index (χ2v) is 8.81. The van der Waals surface area contributed by atoms with Crippen LogP contribution in [-0.2, 0) is 19.6 Å². The quantitative estimate of drug-likeness (QED) is 0.750. The van der Waals surface area contributed by atoms with Crippen molar-refractivity contribution in [3.63, 3.8) is 0 Å². The topological polar surface area (TPSA) is 92.8 Å². The molecule has 1 N–H and O–H groups in total. The van der Waals surface area contributed by atoms with E-state index in [2.05, 4.69) is 10.1 Å². The number of rotatable bonds is 6. The van der Waals surface area contributed by atoms with Gasteiger partial charge in [-0.15, -0.1) is 0 Å². The van der Waals surface area contributed by atoms with Crippen LogP contribution in [0.15, 0.2) is 18.2 Å². The fourth-order valence-corrected chi connectivity index (χ4v) is 3.15. The molecule has 0 aromatic heterocycles. The number of nitrogens with zero attached hydrogens (tertiary/aromatic N) is 1. The zero-order chi connectivity index (χ0) is 19.4. The van der Waals surface area contributed by atoms with Crippen molar-refractivity contribution in [3.05, 3.63) is 28.8 Å². The van der Waals surface area contributed by atoms with Gasteiger partial charge in [-0.2, -0.15) is 0 Å². The average molecular weight is 391 g/mol. The van der Waals surface area contributed by atoms with Gasteiger partial charge in [0.2, 0.25) is 15.9 Å². The number of ether oxygens (including phenoxy) is 1. The lowest BCUT2D eigenvalue weighted by Crippen LogP contribution is -2.41. The Bertz CT molecular complexity index is 756. The molecule has 25 heavy (non-hydrogen) atoms. The van der Waals surface area contributed by atoms with Crippen molar-refractivity contribution in [2.45, 2.75) is 20.8 Å². The van der Waals surface area contributed by atoms with Crippen LogP contribution < -0.4 is 9.62 Å². The molecule has 0 spiro atoms. The van der Waals surface area contributed by atoms with Crippen LogP contribution in [0.25, 0.3) is 0 Å². The van der Waals surface area contributed by atoms with Gasteiger partial charge < -0.3 is 10.1 Å². The van der Waals surface area contributed by atoms with Crippen molar-refractivity contribution in [2.75, 3.05) is 30.8 Å². The molecular formula is C16H23ClN2O5S. The Morgan fingerprint density at radius 2 is 1.88 bits per heavy atom. The molecule has 1 aromatic carbocycles. The molecule has 0 radical (unpaired) electrons. The fourth-order valence-electron chi connectivity index (χ4n) is 1.95. The minimum Gasteiger partial charge on any atom is -0.465 e. The fraction of sp³-hybridized carbons (Fsp3) is 0.500. The van der Waals surface area contributed by atoms with Gasteiger partial charge in [0, 0.05) is 12.0 Å². The van der Waals surface area contributed by atoms with E-state index in [1.54, 1.807) is 20.8 Å². The van der Waals surface area contributed by atoms with E-state index in [-0.39, 0.29) is 35.3 Å². The summed E-state index contributed by atoms with van der Waals surface area (Å²) in [6, 6.07) is 4.22. The molecule has 140 valence electrons.